The number of aromatic carboxylic acids is 1. The molecule has 1 aromatic rings. The first-order valence-corrected chi connectivity index (χ1v) is 6.63. The molecule has 1 aliphatic rings. The molecule has 0 spiro atoms. The van der Waals surface area contributed by atoms with Crippen molar-refractivity contribution in [3.63, 3.8) is 0 Å². The number of carboxylic acids is 1. The molecule has 1 aromatic carbocycles. The molecule has 0 atom stereocenters. The van der Waals surface area contributed by atoms with Gasteiger partial charge in [-0.3, -0.25) is 14.9 Å². The number of amides is 4. The topological polar surface area (TPSA) is 116 Å². The summed E-state index contributed by atoms with van der Waals surface area (Å²) in [4.78, 5) is 46.2. The van der Waals surface area contributed by atoms with E-state index in [1.165, 1.54) is 17.0 Å². The van der Waals surface area contributed by atoms with Crippen LogP contribution in [0.3, 0.4) is 0 Å². The van der Waals surface area contributed by atoms with Gasteiger partial charge in [0.2, 0.25) is 11.8 Å². The summed E-state index contributed by atoms with van der Waals surface area (Å²) in [6.45, 7) is 0.310. The average molecular weight is 305 g/mol. The van der Waals surface area contributed by atoms with E-state index >= 15 is 0 Å². The largest absolute Gasteiger partial charge is 0.478 e. The minimum atomic E-state index is -1.01. The second-order valence-corrected chi connectivity index (χ2v) is 4.80. The minimum absolute atomic E-state index is 0.133. The van der Waals surface area contributed by atoms with Gasteiger partial charge in [0.05, 0.1) is 5.56 Å². The highest BCUT2D eigenvalue weighted by Crippen LogP contribution is 2.04. The minimum Gasteiger partial charge on any atom is -0.478 e. The van der Waals surface area contributed by atoms with Gasteiger partial charge in [0, 0.05) is 19.5 Å². The monoisotopic (exact) mass is 305 g/mol. The standard InChI is InChI=1S/C14H15N3O5/c18-11-5-6-17(14(22)16-11)8-12(19)15-7-9-1-3-10(4-2-9)13(20)21/h1-4H,5-8H2,(H,15,19)(H,20,21)(H,16,18,22). The Morgan fingerprint density at radius 1 is 1.23 bits per heavy atom. The van der Waals surface area contributed by atoms with Crippen molar-refractivity contribution in [1.29, 1.82) is 0 Å². The fourth-order valence-electron chi connectivity index (χ4n) is 1.94. The third-order valence-corrected chi connectivity index (χ3v) is 3.17. The summed E-state index contributed by atoms with van der Waals surface area (Å²) in [6, 6.07) is 5.55. The molecule has 8 heteroatoms. The quantitative estimate of drug-likeness (QED) is 0.705. The molecule has 0 unspecified atom stereocenters. The number of urea groups is 1. The maximum atomic E-state index is 11.8. The van der Waals surface area contributed by atoms with Crippen molar-refractivity contribution in [2.75, 3.05) is 13.1 Å². The average Bonchev–Trinajstić information content (AvgIpc) is 2.48. The van der Waals surface area contributed by atoms with Crippen molar-refractivity contribution in [1.82, 2.24) is 15.5 Å². The third-order valence-electron chi connectivity index (χ3n) is 3.17. The zero-order valence-electron chi connectivity index (χ0n) is 11.7. The first-order valence-electron chi connectivity index (χ1n) is 6.63. The highest BCUT2D eigenvalue weighted by molar-refractivity contribution is 5.98. The van der Waals surface area contributed by atoms with Crippen molar-refractivity contribution in [2.45, 2.75) is 13.0 Å². The lowest BCUT2D eigenvalue weighted by Gasteiger charge is -2.25. The van der Waals surface area contributed by atoms with E-state index in [2.05, 4.69) is 10.6 Å². The Morgan fingerprint density at radius 3 is 2.50 bits per heavy atom. The van der Waals surface area contributed by atoms with Gasteiger partial charge in [-0.15, -0.1) is 0 Å². The number of nitrogens with zero attached hydrogens (tertiary/aromatic N) is 1. The second kappa shape index (κ2) is 6.70. The smallest absolute Gasteiger partial charge is 0.335 e. The van der Waals surface area contributed by atoms with Crippen LogP contribution in [0.25, 0.3) is 0 Å². The third kappa shape index (κ3) is 4.05. The van der Waals surface area contributed by atoms with E-state index < -0.39 is 12.0 Å². The Labute approximate surface area is 126 Å². The predicted octanol–water partition coefficient (Wildman–Crippen LogP) is -0.0571. The van der Waals surface area contributed by atoms with E-state index in [4.69, 9.17) is 5.11 Å². The summed E-state index contributed by atoms with van der Waals surface area (Å²) < 4.78 is 0. The molecule has 0 aromatic heterocycles. The van der Waals surface area contributed by atoms with E-state index in [1.807, 2.05) is 0 Å². The molecule has 3 N–H and O–H groups in total. The summed E-state index contributed by atoms with van der Waals surface area (Å²) in [7, 11) is 0. The van der Waals surface area contributed by atoms with Crippen LogP contribution in [-0.4, -0.2) is 46.9 Å². The SMILES string of the molecule is O=C(CN1CCC(=O)NC1=O)NCc1ccc(C(=O)O)cc1. The Bertz CT molecular complexity index is 611. The van der Waals surface area contributed by atoms with Crippen LogP contribution in [0.15, 0.2) is 24.3 Å². The first kappa shape index (κ1) is 15.5. The first-order chi connectivity index (χ1) is 10.5. The molecule has 116 valence electrons. The molecule has 22 heavy (non-hydrogen) atoms. The van der Waals surface area contributed by atoms with Gasteiger partial charge < -0.3 is 15.3 Å². The number of nitrogens with one attached hydrogen (secondary N) is 2. The van der Waals surface area contributed by atoms with Crippen LogP contribution in [-0.2, 0) is 16.1 Å². The zero-order chi connectivity index (χ0) is 16.1. The maximum Gasteiger partial charge on any atom is 0.335 e. The molecule has 0 aliphatic carbocycles. The number of imide groups is 1. The summed E-state index contributed by atoms with van der Waals surface area (Å²) in [5.74, 6) is -1.71. The molecule has 8 nitrogen and oxygen atoms in total. The summed E-state index contributed by atoms with van der Waals surface area (Å²) in [5, 5.41) is 13.6. The zero-order valence-corrected chi connectivity index (χ0v) is 11.7. The Kier molecular flexibility index (Phi) is 4.72. The number of carboxylic acid groups (broad SMARTS) is 1. The van der Waals surface area contributed by atoms with Gasteiger partial charge >= 0.3 is 12.0 Å². The molecule has 0 bridgehead atoms. The van der Waals surface area contributed by atoms with Crippen molar-refractivity contribution >= 4 is 23.8 Å². The molecule has 0 saturated carbocycles. The molecule has 1 fully saturated rings. The summed E-state index contributed by atoms with van der Waals surface area (Å²) in [5.41, 5.74) is 0.918. The van der Waals surface area contributed by atoms with Crippen molar-refractivity contribution < 1.29 is 24.3 Å². The van der Waals surface area contributed by atoms with Crippen LogP contribution in [0, 0.1) is 0 Å². The van der Waals surface area contributed by atoms with Crippen molar-refractivity contribution in [2.24, 2.45) is 0 Å². The van der Waals surface area contributed by atoms with E-state index in [0.29, 0.717) is 0 Å². The molecule has 1 heterocycles. The van der Waals surface area contributed by atoms with Crippen LogP contribution < -0.4 is 10.6 Å². The van der Waals surface area contributed by atoms with Gasteiger partial charge in [-0.1, -0.05) is 12.1 Å². The van der Waals surface area contributed by atoms with Gasteiger partial charge in [0.15, 0.2) is 0 Å². The highest BCUT2D eigenvalue weighted by Gasteiger charge is 2.24. The van der Waals surface area contributed by atoms with Gasteiger partial charge in [-0.2, -0.15) is 0 Å². The maximum absolute atomic E-state index is 11.8. The van der Waals surface area contributed by atoms with E-state index in [-0.39, 0.29) is 43.4 Å². The fraction of sp³-hybridized carbons (Fsp3) is 0.286. The normalized spacial score (nSPS) is 14.5. The van der Waals surface area contributed by atoms with Crippen LogP contribution in [0.5, 0.6) is 0 Å². The summed E-state index contributed by atoms with van der Waals surface area (Å²) in [6.07, 6.45) is 0.176. The molecule has 4 amide bonds. The van der Waals surface area contributed by atoms with Gasteiger partial charge in [-0.05, 0) is 17.7 Å². The van der Waals surface area contributed by atoms with Crippen LogP contribution in [0.4, 0.5) is 4.79 Å². The number of carbonyl (C=O) groups excluding carboxylic acids is 3. The number of hydrogen-bond acceptors (Lipinski definition) is 4. The van der Waals surface area contributed by atoms with Gasteiger partial charge in [0.1, 0.15) is 6.54 Å². The Balaban J connectivity index is 1.81. The molecule has 1 aliphatic heterocycles. The highest BCUT2D eigenvalue weighted by atomic mass is 16.4. The van der Waals surface area contributed by atoms with E-state index in [9.17, 15) is 19.2 Å². The van der Waals surface area contributed by atoms with Crippen molar-refractivity contribution in [3.05, 3.63) is 35.4 Å². The Hall–Kier alpha value is -2.90. The van der Waals surface area contributed by atoms with E-state index in [1.54, 1.807) is 12.1 Å². The molecular formula is C14H15N3O5. The lowest BCUT2D eigenvalue weighted by atomic mass is 10.1. The lowest BCUT2D eigenvalue weighted by molar-refractivity contribution is -0.125. The number of benzene rings is 1. The second-order valence-electron chi connectivity index (χ2n) is 4.80. The summed E-state index contributed by atoms with van der Waals surface area (Å²) >= 11 is 0. The lowest BCUT2D eigenvalue weighted by Crippen LogP contribution is -2.52. The molecule has 1 saturated heterocycles. The number of carbonyl (C=O) groups is 4. The van der Waals surface area contributed by atoms with E-state index in [0.717, 1.165) is 5.56 Å². The van der Waals surface area contributed by atoms with Gasteiger partial charge in [0.25, 0.3) is 0 Å². The fourth-order valence-corrected chi connectivity index (χ4v) is 1.94. The van der Waals surface area contributed by atoms with Crippen LogP contribution in [0.2, 0.25) is 0 Å². The molecule has 2 rings (SSSR count). The van der Waals surface area contributed by atoms with Crippen LogP contribution in [0.1, 0.15) is 22.3 Å². The molecular weight excluding hydrogens is 290 g/mol. The van der Waals surface area contributed by atoms with Crippen molar-refractivity contribution in [3.8, 4) is 0 Å². The number of hydrogen-bond donors (Lipinski definition) is 3. The van der Waals surface area contributed by atoms with Gasteiger partial charge in [-0.25, -0.2) is 9.59 Å². The predicted molar refractivity (Wildman–Crippen MR) is 75.0 cm³/mol. The van der Waals surface area contributed by atoms with Crippen LogP contribution >= 0.6 is 0 Å². The molecule has 0 radical (unpaired) electrons. The Morgan fingerprint density at radius 2 is 1.91 bits per heavy atom. The number of rotatable bonds is 5.